The zero-order valence-corrected chi connectivity index (χ0v) is 10.9. The topological polar surface area (TPSA) is 9.23 Å². The SMILES string of the molecule is C=CCCCC=CCOCCSC(C)C. The molecule has 2 heteroatoms. The minimum absolute atomic E-state index is 0.711. The maximum absolute atomic E-state index is 5.46. The van der Waals surface area contributed by atoms with Gasteiger partial charge in [-0.15, -0.1) is 6.58 Å². The largest absolute Gasteiger partial charge is 0.377 e. The van der Waals surface area contributed by atoms with Crippen LogP contribution in [0, 0.1) is 0 Å². The van der Waals surface area contributed by atoms with Crippen molar-refractivity contribution in [2.75, 3.05) is 19.0 Å². The molecule has 0 saturated heterocycles. The van der Waals surface area contributed by atoms with Crippen LogP contribution < -0.4 is 0 Å². The van der Waals surface area contributed by atoms with Crippen LogP contribution in [-0.4, -0.2) is 24.2 Å². The number of ether oxygens (including phenoxy) is 1. The maximum atomic E-state index is 5.46. The van der Waals surface area contributed by atoms with Crippen LogP contribution in [0.1, 0.15) is 33.1 Å². The minimum atomic E-state index is 0.711. The van der Waals surface area contributed by atoms with E-state index in [-0.39, 0.29) is 0 Å². The molecule has 0 radical (unpaired) electrons. The molecular weight excluding hydrogens is 204 g/mol. The van der Waals surface area contributed by atoms with Gasteiger partial charge in [-0.05, 0) is 24.5 Å². The number of hydrogen-bond donors (Lipinski definition) is 0. The van der Waals surface area contributed by atoms with Gasteiger partial charge in [0.15, 0.2) is 0 Å². The summed E-state index contributed by atoms with van der Waals surface area (Å²) in [7, 11) is 0. The first-order valence-corrected chi connectivity index (χ1v) is 6.77. The van der Waals surface area contributed by atoms with E-state index in [2.05, 4.69) is 32.6 Å². The van der Waals surface area contributed by atoms with Crippen molar-refractivity contribution in [2.24, 2.45) is 0 Å². The smallest absolute Gasteiger partial charge is 0.0647 e. The fraction of sp³-hybridized carbons (Fsp3) is 0.692. The molecule has 0 aliphatic rings. The number of hydrogen-bond acceptors (Lipinski definition) is 2. The average Bonchev–Trinajstić information content (AvgIpc) is 2.20. The Balaban J connectivity index is 3.06. The van der Waals surface area contributed by atoms with Gasteiger partial charge in [0.05, 0.1) is 13.2 Å². The van der Waals surface area contributed by atoms with Gasteiger partial charge in [-0.3, -0.25) is 0 Å². The van der Waals surface area contributed by atoms with Crippen molar-refractivity contribution in [3.8, 4) is 0 Å². The van der Waals surface area contributed by atoms with E-state index in [9.17, 15) is 0 Å². The Kier molecular flexibility index (Phi) is 11.7. The van der Waals surface area contributed by atoms with Gasteiger partial charge in [0, 0.05) is 5.75 Å². The Morgan fingerprint density at radius 1 is 1.27 bits per heavy atom. The van der Waals surface area contributed by atoms with Crippen molar-refractivity contribution in [3.63, 3.8) is 0 Å². The summed E-state index contributed by atoms with van der Waals surface area (Å²) in [6, 6.07) is 0. The maximum Gasteiger partial charge on any atom is 0.0647 e. The third-order valence-electron chi connectivity index (χ3n) is 1.84. The summed E-state index contributed by atoms with van der Waals surface area (Å²) >= 11 is 1.95. The molecule has 0 atom stereocenters. The lowest BCUT2D eigenvalue weighted by Gasteiger charge is -2.03. The van der Waals surface area contributed by atoms with Crippen LogP contribution >= 0.6 is 11.8 Å². The first-order valence-electron chi connectivity index (χ1n) is 5.72. The Hall–Kier alpha value is -0.210. The van der Waals surface area contributed by atoms with Crippen LogP contribution in [0.15, 0.2) is 24.8 Å². The van der Waals surface area contributed by atoms with Crippen LogP contribution in [0.3, 0.4) is 0 Å². The van der Waals surface area contributed by atoms with Gasteiger partial charge in [0.2, 0.25) is 0 Å². The van der Waals surface area contributed by atoms with E-state index < -0.39 is 0 Å². The fourth-order valence-corrected chi connectivity index (χ4v) is 1.75. The first kappa shape index (κ1) is 14.8. The van der Waals surface area contributed by atoms with Gasteiger partial charge in [0.25, 0.3) is 0 Å². The van der Waals surface area contributed by atoms with E-state index in [1.54, 1.807) is 0 Å². The van der Waals surface area contributed by atoms with E-state index in [1.807, 2.05) is 17.8 Å². The Morgan fingerprint density at radius 2 is 2.07 bits per heavy atom. The molecule has 0 aliphatic carbocycles. The molecule has 0 aliphatic heterocycles. The number of allylic oxidation sites excluding steroid dienone is 2. The standard InChI is InChI=1S/C13H24OS/c1-4-5-6-7-8-9-10-14-11-12-15-13(2)3/h4,8-9,13H,1,5-7,10-12H2,2-3H3. The highest BCUT2D eigenvalue weighted by molar-refractivity contribution is 7.99. The van der Waals surface area contributed by atoms with Gasteiger partial charge >= 0.3 is 0 Å². The molecule has 0 bridgehead atoms. The number of thioether (sulfide) groups is 1. The summed E-state index contributed by atoms with van der Waals surface area (Å²) in [5.41, 5.74) is 0. The predicted molar refractivity (Wildman–Crippen MR) is 71.6 cm³/mol. The number of unbranched alkanes of at least 4 members (excludes halogenated alkanes) is 2. The molecular formula is C13H24OS. The van der Waals surface area contributed by atoms with Crippen molar-refractivity contribution in [2.45, 2.75) is 38.4 Å². The molecule has 88 valence electrons. The summed E-state index contributed by atoms with van der Waals surface area (Å²) in [6.45, 7) is 9.73. The molecule has 0 aromatic carbocycles. The average molecular weight is 228 g/mol. The summed E-state index contributed by atoms with van der Waals surface area (Å²) in [5, 5.41) is 0.711. The lowest BCUT2D eigenvalue weighted by atomic mass is 10.2. The second-order valence-corrected chi connectivity index (χ2v) is 5.37. The van der Waals surface area contributed by atoms with E-state index in [1.165, 1.54) is 6.42 Å². The lowest BCUT2D eigenvalue weighted by molar-refractivity contribution is 0.180. The summed E-state index contributed by atoms with van der Waals surface area (Å²) in [4.78, 5) is 0. The second kappa shape index (κ2) is 11.9. The van der Waals surface area contributed by atoms with E-state index in [0.29, 0.717) is 5.25 Å². The molecule has 0 aromatic rings. The zero-order chi connectivity index (χ0) is 11.4. The minimum Gasteiger partial charge on any atom is -0.377 e. The fourth-order valence-electron chi connectivity index (χ4n) is 1.06. The van der Waals surface area contributed by atoms with Crippen LogP contribution in [0.25, 0.3) is 0 Å². The second-order valence-electron chi connectivity index (χ2n) is 3.69. The molecule has 0 N–H and O–H groups in total. The molecule has 0 amide bonds. The van der Waals surface area contributed by atoms with Crippen molar-refractivity contribution in [1.82, 2.24) is 0 Å². The molecule has 0 heterocycles. The Morgan fingerprint density at radius 3 is 2.73 bits per heavy atom. The quantitative estimate of drug-likeness (QED) is 0.412. The molecule has 0 unspecified atom stereocenters. The molecule has 15 heavy (non-hydrogen) atoms. The molecule has 0 aromatic heterocycles. The van der Waals surface area contributed by atoms with Crippen molar-refractivity contribution >= 4 is 11.8 Å². The van der Waals surface area contributed by atoms with E-state index >= 15 is 0 Å². The molecule has 0 fully saturated rings. The molecule has 0 spiro atoms. The Labute approximate surface area is 99.0 Å². The van der Waals surface area contributed by atoms with Crippen molar-refractivity contribution in [3.05, 3.63) is 24.8 Å². The zero-order valence-electron chi connectivity index (χ0n) is 10.1. The molecule has 1 nitrogen and oxygen atoms in total. The predicted octanol–water partition coefficient (Wildman–Crippen LogP) is 4.06. The van der Waals surface area contributed by atoms with Crippen LogP contribution in [0.2, 0.25) is 0 Å². The third kappa shape index (κ3) is 13.8. The lowest BCUT2D eigenvalue weighted by Crippen LogP contribution is -1.99. The first-order chi connectivity index (χ1) is 7.27. The highest BCUT2D eigenvalue weighted by Crippen LogP contribution is 2.07. The monoisotopic (exact) mass is 228 g/mol. The van der Waals surface area contributed by atoms with Gasteiger partial charge in [0.1, 0.15) is 0 Å². The summed E-state index contributed by atoms with van der Waals surface area (Å²) in [6.07, 6.45) is 9.71. The van der Waals surface area contributed by atoms with Gasteiger partial charge in [-0.2, -0.15) is 11.8 Å². The Bertz CT molecular complexity index is 164. The highest BCUT2D eigenvalue weighted by Gasteiger charge is 1.92. The highest BCUT2D eigenvalue weighted by atomic mass is 32.2. The number of rotatable bonds is 10. The van der Waals surface area contributed by atoms with Crippen molar-refractivity contribution < 1.29 is 4.74 Å². The van der Waals surface area contributed by atoms with Crippen LogP contribution in [0.5, 0.6) is 0 Å². The molecule has 0 saturated carbocycles. The van der Waals surface area contributed by atoms with Crippen molar-refractivity contribution in [1.29, 1.82) is 0 Å². The normalized spacial score (nSPS) is 11.4. The third-order valence-corrected chi connectivity index (χ3v) is 2.91. The molecule has 0 rings (SSSR count). The summed E-state index contributed by atoms with van der Waals surface area (Å²) < 4.78 is 5.46. The van der Waals surface area contributed by atoms with Crippen LogP contribution in [-0.2, 0) is 4.74 Å². The van der Waals surface area contributed by atoms with Crippen LogP contribution in [0.4, 0.5) is 0 Å². The van der Waals surface area contributed by atoms with Gasteiger partial charge < -0.3 is 4.74 Å². The van der Waals surface area contributed by atoms with Gasteiger partial charge in [-0.25, -0.2) is 0 Å². The van der Waals surface area contributed by atoms with E-state index in [4.69, 9.17) is 4.74 Å². The van der Waals surface area contributed by atoms with Gasteiger partial charge in [-0.1, -0.05) is 32.1 Å². The van der Waals surface area contributed by atoms with E-state index in [0.717, 1.165) is 31.8 Å². The summed E-state index contributed by atoms with van der Waals surface area (Å²) in [5.74, 6) is 1.10.